The van der Waals surface area contributed by atoms with Crippen molar-refractivity contribution in [1.82, 2.24) is 0 Å². The highest BCUT2D eigenvalue weighted by molar-refractivity contribution is 7.53. The van der Waals surface area contributed by atoms with Crippen LogP contribution in [-0.4, -0.2) is 42.9 Å². The van der Waals surface area contributed by atoms with Crippen LogP contribution in [0.15, 0.2) is 12.2 Å². The second-order valence-corrected chi connectivity index (χ2v) is 13.1. The van der Waals surface area contributed by atoms with Gasteiger partial charge in [0, 0.05) is 6.42 Å². The van der Waals surface area contributed by atoms with Gasteiger partial charge in [0.2, 0.25) is 0 Å². The monoisotopic (exact) mass is 502 g/mol. The number of hydrogen-bond donors (Lipinski definition) is 1. The molecule has 0 radical (unpaired) electrons. The van der Waals surface area contributed by atoms with Gasteiger partial charge in [-0.25, -0.2) is 0 Å². The van der Waals surface area contributed by atoms with Crippen molar-refractivity contribution < 1.29 is 18.5 Å². The fourth-order valence-corrected chi connectivity index (χ4v) is 6.70. The van der Waals surface area contributed by atoms with Crippen LogP contribution in [0, 0.1) is 0 Å². The molecule has 2 unspecified atom stereocenters. The van der Waals surface area contributed by atoms with Crippen molar-refractivity contribution in [3.63, 3.8) is 0 Å². The van der Waals surface area contributed by atoms with Crippen LogP contribution in [0.2, 0.25) is 0 Å². The zero-order valence-electron chi connectivity index (χ0n) is 23.7. The van der Waals surface area contributed by atoms with Crippen molar-refractivity contribution in [3.05, 3.63) is 12.2 Å². The number of quaternary nitrogens is 1. The minimum atomic E-state index is -3.55. The summed E-state index contributed by atoms with van der Waals surface area (Å²) in [5, 5.41) is 0. The Kier molecular flexibility index (Phi) is 22.0. The van der Waals surface area contributed by atoms with Gasteiger partial charge in [0.25, 0.3) is 0 Å². The minimum Gasteiger partial charge on any atom is -0.320 e. The molecule has 0 saturated carbocycles. The normalized spacial score (nSPS) is 15.1. The quantitative estimate of drug-likeness (QED) is 0.0585. The molecule has 0 aromatic rings. The summed E-state index contributed by atoms with van der Waals surface area (Å²) in [6.07, 6.45) is 30.4. The molecule has 0 fully saturated rings. The van der Waals surface area contributed by atoms with Crippen LogP contribution in [0.25, 0.3) is 0 Å². The number of rotatable bonds is 25. The highest BCUT2D eigenvalue weighted by atomic mass is 31.2. The Morgan fingerprint density at radius 2 is 1.06 bits per heavy atom. The van der Waals surface area contributed by atoms with E-state index in [-0.39, 0.29) is 5.78 Å². The van der Waals surface area contributed by atoms with E-state index in [9.17, 15) is 9.46 Å². The second-order valence-electron chi connectivity index (χ2n) is 11.1. The van der Waals surface area contributed by atoms with Crippen molar-refractivity contribution in [3.8, 4) is 0 Å². The molecule has 0 aliphatic rings. The molecule has 2 atom stereocenters. The smallest absolute Gasteiger partial charge is 0.320 e. The average molecular weight is 503 g/mol. The Hall–Kier alpha value is -0.150. The third-order valence-corrected chi connectivity index (χ3v) is 9.19. The molecule has 4 nitrogen and oxygen atoms in total. The van der Waals surface area contributed by atoms with E-state index in [1.807, 2.05) is 28.1 Å². The lowest BCUT2D eigenvalue weighted by Crippen LogP contribution is -2.44. The summed E-state index contributed by atoms with van der Waals surface area (Å²) in [6, 6.07) is 0. The summed E-state index contributed by atoms with van der Waals surface area (Å²) < 4.78 is 18.4. The SMILES string of the molecule is CCC=CCCCCCCCCCCCCCCCCCCCOP(=O)(O)C(CC)[N+](C)(C)C. The summed E-state index contributed by atoms with van der Waals surface area (Å²) in [5.74, 6) is -0.347. The first kappa shape index (κ1) is 33.8. The van der Waals surface area contributed by atoms with Gasteiger partial charge in [-0.1, -0.05) is 122 Å². The molecule has 0 aromatic carbocycles. The number of nitrogens with zero attached hydrogens (tertiary/aromatic N) is 1. The van der Waals surface area contributed by atoms with Crippen molar-refractivity contribution in [2.75, 3.05) is 27.7 Å². The molecule has 34 heavy (non-hydrogen) atoms. The Morgan fingerprint density at radius 3 is 1.41 bits per heavy atom. The van der Waals surface area contributed by atoms with E-state index in [0.717, 1.165) is 12.8 Å². The van der Waals surface area contributed by atoms with Crippen LogP contribution in [0.4, 0.5) is 0 Å². The molecule has 204 valence electrons. The minimum absolute atomic E-state index is 0.347. The summed E-state index contributed by atoms with van der Waals surface area (Å²) >= 11 is 0. The third kappa shape index (κ3) is 20.1. The summed E-state index contributed by atoms with van der Waals surface area (Å²) in [6.45, 7) is 4.56. The van der Waals surface area contributed by atoms with Crippen LogP contribution in [0.1, 0.15) is 142 Å². The van der Waals surface area contributed by atoms with Crippen LogP contribution in [0.5, 0.6) is 0 Å². The Bertz CT molecular complexity index is 516. The largest absolute Gasteiger partial charge is 0.385 e. The summed E-state index contributed by atoms with van der Waals surface area (Å²) in [4.78, 5) is 10.3. The van der Waals surface area contributed by atoms with Gasteiger partial charge in [0.1, 0.15) is 0 Å². The lowest BCUT2D eigenvalue weighted by molar-refractivity contribution is -0.883. The summed E-state index contributed by atoms with van der Waals surface area (Å²) in [5.41, 5.74) is 0. The zero-order chi connectivity index (χ0) is 25.5. The van der Waals surface area contributed by atoms with Gasteiger partial charge in [-0.05, 0) is 25.7 Å². The van der Waals surface area contributed by atoms with E-state index < -0.39 is 7.60 Å². The molecular formula is C29H61NO3P+. The molecule has 1 N–H and O–H groups in total. The van der Waals surface area contributed by atoms with E-state index in [2.05, 4.69) is 19.1 Å². The third-order valence-electron chi connectivity index (χ3n) is 6.83. The number of allylic oxidation sites excluding steroid dienone is 2. The molecule has 0 spiro atoms. The van der Waals surface area contributed by atoms with Gasteiger partial charge in [-0.15, -0.1) is 0 Å². The second kappa shape index (κ2) is 22.1. The molecular weight excluding hydrogens is 441 g/mol. The molecule has 5 heteroatoms. The molecule has 0 bridgehead atoms. The first-order chi connectivity index (χ1) is 16.3. The van der Waals surface area contributed by atoms with Crippen LogP contribution >= 0.6 is 7.60 Å². The lowest BCUT2D eigenvalue weighted by atomic mass is 10.0. The topological polar surface area (TPSA) is 46.5 Å². The van der Waals surface area contributed by atoms with Crippen molar-refractivity contribution >= 4 is 7.60 Å². The van der Waals surface area contributed by atoms with Gasteiger partial charge in [-0.2, -0.15) is 0 Å². The van der Waals surface area contributed by atoms with E-state index in [1.54, 1.807) is 0 Å². The average Bonchev–Trinajstić information content (AvgIpc) is 2.76. The van der Waals surface area contributed by atoms with Crippen LogP contribution in [-0.2, 0) is 9.09 Å². The highest BCUT2D eigenvalue weighted by Crippen LogP contribution is 2.51. The van der Waals surface area contributed by atoms with Gasteiger partial charge in [0.15, 0.2) is 5.78 Å². The van der Waals surface area contributed by atoms with Gasteiger partial charge >= 0.3 is 7.60 Å². The lowest BCUT2D eigenvalue weighted by Gasteiger charge is -2.35. The van der Waals surface area contributed by atoms with Gasteiger partial charge in [-0.3, -0.25) is 4.57 Å². The van der Waals surface area contributed by atoms with Crippen LogP contribution < -0.4 is 0 Å². The molecule has 0 aromatic heterocycles. The van der Waals surface area contributed by atoms with Gasteiger partial charge < -0.3 is 13.9 Å². The first-order valence-corrected chi connectivity index (χ1v) is 16.3. The van der Waals surface area contributed by atoms with Crippen molar-refractivity contribution in [2.24, 2.45) is 0 Å². The Morgan fingerprint density at radius 1 is 0.676 bits per heavy atom. The molecule has 0 rings (SSSR count). The molecule has 0 amide bonds. The Balaban J connectivity index is 3.36. The van der Waals surface area contributed by atoms with Crippen molar-refractivity contribution in [2.45, 2.75) is 148 Å². The predicted molar refractivity (Wildman–Crippen MR) is 150 cm³/mol. The van der Waals surface area contributed by atoms with Crippen molar-refractivity contribution in [1.29, 1.82) is 0 Å². The maximum absolute atomic E-state index is 12.5. The fourth-order valence-electron chi connectivity index (χ4n) is 4.80. The Labute approximate surface area is 214 Å². The highest BCUT2D eigenvalue weighted by Gasteiger charge is 2.41. The molecule has 0 aliphatic heterocycles. The molecule has 0 heterocycles. The van der Waals surface area contributed by atoms with E-state index in [4.69, 9.17) is 4.52 Å². The van der Waals surface area contributed by atoms with E-state index >= 15 is 0 Å². The summed E-state index contributed by atoms with van der Waals surface area (Å²) in [7, 11) is 2.32. The van der Waals surface area contributed by atoms with Gasteiger partial charge in [0.05, 0.1) is 27.7 Å². The standard InChI is InChI=1S/C29H60NO3P/c1-6-8-9-10-11-12-13-14-15-16-17-18-19-20-21-22-23-24-25-26-27-28-33-34(31,32)29(7-2)30(3,4)5/h8-9,29H,6-7,10-28H2,1-5H3/p+1. The molecule has 0 aliphatic carbocycles. The fraction of sp³-hybridized carbons (Fsp3) is 0.931. The first-order valence-electron chi connectivity index (χ1n) is 14.7. The zero-order valence-corrected chi connectivity index (χ0v) is 24.6. The number of unbranched alkanes of at least 4 members (excludes halogenated alkanes) is 17. The molecule has 0 saturated heterocycles. The maximum atomic E-state index is 12.5. The van der Waals surface area contributed by atoms with E-state index in [0.29, 0.717) is 17.5 Å². The van der Waals surface area contributed by atoms with Crippen LogP contribution in [0.3, 0.4) is 0 Å². The van der Waals surface area contributed by atoms with E-state index in [1.165, 1.54) is 109 Å². The predicted octanol–water partition coefficient (Wildman–Crippen LogP) is 9.62. The maximum Gasteiger partial charge on any atom is 0.385 e. The number of hydrogen-bond acceptors (Lipinski definition) is 2.